The largest absolute Gasteiger partial charge is 0.338 e. The number of nitrogens with one attached hydrogen (secondary N) is 1. The highest BCUT2D eigenvalue weighted by Gasteiger charge is 2.25. The van der Waals surface area contributed by atoms with Crippen molar-refractivity contribution in [3.05, 3.63) is 29.3 Å². The van der Waals surface area contributed by atoms with Crippen LogP contribution in [0.3, 0.4) is 0 Å². The van der Waals surface area contributed by atoms with Crippen LogP contribution in [0.2, 0.25) is 0 Å². The molecule has 2 rings (SSSR count). The van der Waals surface area contributed by atoms with Crippen LogP contribution in [-0.2, 0) is 0 Å². The van der Waals surface area contributed by atoms with E-state index < -0.39 is 0 Å². The van der Waals surface area contributed by atoms with Gasteiger partial charge in [0.15, 0.2) is 0 Å². The van der Waals surface area contributed by atoms with Crippen LogP contribution in [0.15, 0.2) is 23.1 Å². The second kappa shape index (κ2) is 7.14. The Bertz CT molecular complexity index is 474. The summed E-state index contributed by atoms with van der Waals surface area (Å²) in [4.78, 5) is 15.9. The topological polar surface area (TPSA) is 32.3 Å². The summed E-state index contributed by atoms with van der Waals surface area (Å²) in [6.07, 6.45) is 4.37. The number of amides is 1. The fourth-order valence-corrected chi connectivity index (χ4v) is 3.27. The van der Waals surface area contributed by atoms with Crippen molar-refractivity contribution < 1.29 is 4.79 Å². The molecule has 1 heterocycles. The number of benzene rings is 1. The molecule has 1 amide bonds. The maximum atomic E-state index is 12.7. The minimum absolute atomic E-state index is 0.194. The molecule has 4 heteroatoms. The standard InChI is InChI=1S/C16H24N2OS/c1-12-6-7-14(20-3)9-15(12)16(19)18-8-4-5-13(11-18)10-17-2/h6-7,9,13,17H,4-5,8,10-11H2,1-3H3. The molecule has 3 nitrogen and oxygen atoms in total. The monoisotopic (exact) mass is 292 g/mol. The first-order chi connectivity index (χ1) is 9.65. The van der Waals surface area contributed by atoms with E-state index in [1.165, 1.54) is 6.42 Å². The van der Waals surface area contributed by atoms with Crippen molar-refractivity contribution in [3.63, 3.8) is 0 Å². The number of thioether (sulfide) groups is 1. The second-order valence-corrected chi connectivity index (χ2v) is 6.38. The summed E-state index contributed by atoms with van der Waals surface area (Å²) in [6, 6.07) is 6.16. The molecular formula is C16H24N2OS. The molecule has 20 heavy (non-hydrogen) atoms. The van der Waals surface area contributed by atoms with E-state index in [1.54, 1.807) is 11.8 Å². The number of likely N-dealkylation sites (tertiary alicyclic amines) is 1. The molecule has 0 spiro atoms. The Morgan fingerprint density at radius 2 is 2.30 bits per heavy atom. The number of nitrogens with zero attached hydrogens (tertiary/aromatic N) is 1. The SMILES string of the molecule is CNCC1CCCN(C(=O)c2cc(SC)ccc2C)C1. The molecule has 0 aromatic heterocycles. The molecule has 0 saturated carbocycles. The van der Waals surface area contributed by atoms with Crippen molar-refractivity contribution in [2.24, 2.45) is 5.92 Å². The Hall–Kier alpha value is -1.00. The molecule has 1 saturated heterocycles. The van der Waals surface area contributed by atoms with Crippen LogP contribution < -0.4 is 5.32 Å². The fraction of sp³-hybridized carbons (Fsp3) is 0.562. The normalized spacial score (nSPS) is 19.1. The lowest BCUT2D eigenvalue weighted by molar-refractivity contribution is 0.0673. The van der Waals surface area contributed by atoms with Gasteiger partial charge in [-0.25, -0.2) is 0 Å². The van der Waals surface area contributed by atoms with Gasteiger partial charge < -0.3 is 10.2 Å². The second-order valence-electron chi connectivity index (χ2n) is 5.50. The zero-order chi connectivity index (χ0) is 14.5. The molecule has 1 N–H and O–H groups in total. The molecular weight excluding hydrogens is 268 g/mol. The van der Waals surface area contributed by atoms with Gasteiger partial charge in [0.1, 0.15) is 0 Å². The number of piperidine rings is 1. The highest BCUT2D eigenvalue weighted by molar-refractivity contribution is 7.98. The fourth-order valence-electron chi connectivity index (χ4n) is 2.83. The van der Waals surface area contributed by atoms with E-state index in [9.17, 15) is 4.79 Å². The van der Waals surface area contributed by atoms with Gasteiger partial charge in [-0.05, 0) is 63.2 Å². The van der Waals surface area contributed by atoms with E-state index in [4.69, 9.17) is 0 Å². The molecule has 110 valence electrons. The summed E-state index contributed by atoms with van der Waals surface area (Å²) in [5.74, 6) is 0.779. The predicted molar refractivity (Wildman–Crippen MR) is 85.5 cm³/mol. The Morgan fingerprint density at radius 1 is 1.50 bits per heavy atom. The van der Waals surface area contributed by atoms with Gasteiger partial charge >= 0.3 is 0 Å². The molecule has 1 aromatic rings. The number of rotatable bonds is 4. The third-order valence-corrected chi connectivity index (χ3v) is 4.70. The first kappa shape index (κ1) is 15.4. The summed E-state index contributed by atoms with van der Waals surface area (Å²) in [6.45, 7) is 4.78. The van der Waals surface area contributed by atoms with Crippen molar-refractivity contribution in [2.75, 3.05) is 32.9 Å². The number of carbonyl (C=O) groups excluding carboxylic acids is 1. The number of hydrogen-bond donors (Lipinski definition) is 1. The zero-order valence-corrected chi connectivity index (χ0v) is 13.4. The maximum absolute atomic E-state index is 12.7. The van der Waals surface area contributed by atoms with E-state index in [2.05, 4.69) is 11.4 Å². The third kappa shape index (κ3) is 3.55. The van der Waals surface area contributed by atoms with Gasteiger partial charge in [0.05, 0.1) is 0 Å². The van der Waals surface area contributed by atoms with Crippen molar-refractivity contribution in [2.45, 2.75) is 24.7 Å². The molecule has 1 fully saturated rings. The lowest BCUT2D eigenvalue weighted by atomic mass is 9.97. The van der Waals surface area contributed by atoms with Gasteiger partial charge in [-0.15, -0.1) is 11.8 Å². The van der Waals surface area contributed by atoms with Crippen LogP contribution in [0, 0.1) is 12.8 Å². The van der Waals surface area contributed by atoms with Crippen LogP contribution in [0.4, 0.5) is 0 Å². The van der Waals surface area contributed by atoms with E-state index in [0.29, 0.717) is 5.92 Å². The van der Waals surface area contributed by atoms with E-state index in [-0.39, 0.29) is 5.91 Å². The molecule has 0 bridgehead atoms. The number of aryl methyl sites for hydroxylation is 1. The Kier molecular flexibility index (Phi) is 5.49. The van der Waals surface area contributed by atoms with Crippen LogP contribution in [0.1, 0.15) is 28.8 Å². The van der Waals surface area contributed by atoms with Crippen LogP contribution >= 0.6 is 11.8 Å². The minimum Gasteiger partial charge on any atom is -0.338 e. The van der Waals surface area contributed by atoms with E-state index in [1.807, 2.05) is 37.3 Å². The van der Waals surface area contributed by atoms with Crippen molar-refractivity contribution in [1.29, 1.82) is 0 Å². The van der Waals surface area contributed by atoms with E-state index >= 15 is 0 Å². The van der Waals surface area contributed by atoms with E-state index in [0.717, 1.165) is 42.1 Å². The quantitative estimate of drug-likeness (QED) is 0.866. The smallest absolute Gasteiger partial charge is 0.254 e. The Labute approximate surface area is 126 Å². The van der Waals surface area contributed by atoms with Gasteiger partial charge in [-0.1, -0.05) is 6.07 Å². The third-order valence-electron chi connectivity index (χ3n) is 3.97. The van der Waals surface area contributed by atoms with Crippen molar-refractivity contribution in [3.8, 4) is 0 Å². The minimum atomic E-state index is 0.194. The summed E-state index contributed by atoms with van der Waals surface area (Å²) in [5.41, 5.74) is 1.94. The van der Waals surface area contributed by atoms with Crippen LogP contribution in [0.25, 0.3) is 0 Å². The van der Waals surface area contributed by atoms with Gasteiger partial charge in [0.2, 0.25) is 0 Å². The maximum Gasteiger partial charge on any atom is 0.254 e. The number of carbonyl (C=O) groups is 1. The molecule has 1 aliphatic rings. The average molecular weight is 292 g/mol. The van der Waals surface area contributed by atoms with Gasteiger partial charge in [-0.3, -0.25) is 4.79 Å². The highest BCUT2D eigenvalue weighted by Crippen LogP contribution is 2.23. The summed E-state index contributed by atoms with van der Waals surface area (Å²) >= 11 is 1.68. The lowest BCUT2D eigenvalue weighted by Gasteiger charge is -2.33. The van der Waals surface area contributed by atoms with Gasteiger partial charge in [0, 0.05) is 23.5 Å². The lowest BCUT2D eigenvalue weighted by Crippen LogP contribution is -2.42. The van der Waals surface area contributed by atoms with Crippen molar-refractivity contribution >= 4 is 17.7 Å². The van der Waals surface area contributed by atoms with Crippen LogP contribution in [-0.4, -0.2) is 43.7 Å². The van der Waals surface area contributed by atoms with Gasteiger partial charge in [-0.2, -0.15) is 0 Å². The molecule has 1 unspecified atom stereocenters. The molecule has 1 aromatic carbocycles. The molecule has 1 atom stereocenters. The highest BCUT2D eigenvalue weighted by atomic mass is 32.2. The average Bonchev–Trinajstić information content (AvgIpc) is 2.48. The predicted octanol–water partition coefficient (Wildman–Crippen LogP) is 2.79. The number of hydrogen-bond acceptors (Lipinski definition) is 3. The summed E-state index contributed by atoms with van der Waals surface area (Å²) < 4.78 is 0. The van der Waals surface area contributed by atoms with Crippen LogP contribution in [0.5, 0.6) is 0 Å². The van der Waals surface area contributed by atoms with Crippen molar-refractivity contribution in [1.82, 2.24) is 10.2 Å². The summed E-state index contributed by atoms with van der Waals surface area (Å²) in [5, 5.41) is 3.22. The first-order valence-corrected chi connectivity index (χ1v) is 8.46. The first-order valence-electron chi connectivity index (χ1n) is 7.24. The zero-order valence-electron chi connectivity index (χ0n) is 12.6. The Balaban J connectivity index is 2.14. The molecule has 1 aliphatic heterocycles. The molecule has 0 aliphatic carbocycles. The summed E-state index contributed by atoms with van der Waals surface area (Å²) in [7, 11) is 1.98. The van der Waals surface area contributed by atoms with Gasteiger partial charge in [0.25, 0.3) is 5.91 Å². The Morgan fingerprint density at radius 3 is 3.00 bits per heavy atom. The molecule has 0 radical (unpaired) electrons.